The van der Waals surface area contributed by atoms with Gasteiger partial charge in [-0.3, -0.25) is 4.79 Å². The molecule has 0 rings (SSSR count). The minimum Gasteiger partial charge on any atom is -0.481 e. The third kappa shape index (κ3) is 5.63. The van der Waals surface area contributed by atoms with Crippen molar-refractivity contribution in [3.63, 3.8) is 0 Å². The minimum absolute atomic E-state index is 0.334. The van der Waals surface area contributed by atoms with Crippen molar-refractivity contribution in [2.45, 2.75) is 25.4 Å². The number of aliphatic carboxylic acids is 2. The van der Waals surface area contributed by atoms with Gasteiger partial charge in [-0.05, 0) is 6.92 Å². The zero-order valence-electron chi connectivity index (χ0n) is 8.77. The van der Waals surface area contributed by atoms with E-state index >= 15 is 0 Å². The van der Waals surface area contributed by atoms with E-state index in [1.807, 2.05) is 5.32 Å². The summed E-state index contributed by atoms with van der Waals surface area (Å²) in [5, 5.41) is 21.5. The Balaban J connectivity index is 4.29. The molecule has 0 aliphatic rings. The molecule has 0 bridgehead atoms. The fourth-order valence-corrected chi connectivity index (χ4v) is 0.840. The van der Waals surface area contributed by atoms with Gasteiger partial charge in [-0.2, -0.15) is 0 Å². The molecule has 7 heteroatoms. The number of rotatable bonds is 6. The number of carbonyl (C=O) groups is 3. The lowest BCUT2D eigenvalue weighted by Crippen LogP contribution is -2.48. The third-order valence-electron chi connectivity index (χ3n) is 1.69. The van der Waals surface area contributed by atoms with Crippen molar-refractivity contribution in [1.29, 1.82) is 0 Å². The fraction of sp³-hybridized carbons (Fsp3) is 0.444. The maximum Gasteiger partial charge on any atom is 0.326 e. The quantitative estimate of drug-likeness (QED) is 0.471. The van der Waals surface area contributed by atoms with Gasteiger partial charge in [0.25, 0.3) is 0 Å². The number of carboxylic acid groups (broad SMARTS) is 2. The highest BCUT2D eigenvalue weighted by molar-refractivity contribution is 5.86. The van der Waals surface area contributed by atoms with Crippen molar-refractivity contribution in [3.8, 4) is 0 Å². The van der Waals surface area contributed by atoms with Gasteiger partial charge in [0.05, 0.1) is 6.42 Å². The first-order valence-corrected chi connectivity index (χ1v) is 4.51. The van der Waals surface area contributed by atoms with Gasteiger partial charge < -0.3 is 20.8 Å². The molecule has 0 aliphatic heterocycles. The standard InChI is InChI=1S/C9H14N2O5/c1-3-5(2)10-9(16)11-6(8(14)15)4-7(12)13/h3,5-6H,1,4H2,2H3,(H,12,13)(H,14,15)(H2,10,11,16)/t5?,6-/m0/s1. The summed E-state index contributed by atoms with van der Waals surface area (Å²) >= 11 is 0. The Morgan fingerprint density at radius 3 is 2.25 bits per heavy atom. The number of nitrogens with one attached hydrogen (secondary N) is 2. The van der Waals surface area contributed by atoms with Gasteiger partial charge in [-0.1, -0.05) is 6.08 Å². The monoisotopic (exact) mass is 230 g/mol. The molecular formula is C9H14N2O5. The lowest BCUT2D eigenvalue weighted by molar-refractivity contribution is -0.145. The highest BCUT2D eigenvalue weighted by atomic mass is 16.4. The molecule has 0 aliphatic carbocycles. The Morgan fingerprint density at radius 1 is 1.31 bits per heavy atom. The van der Waals surface area contributed by atoms with Crippen LogP contribution in [0.2, 0.25) is 0 Å². The Labute approximate surface area is 92.1 Å². The molecule has 2 atom stereocenters. The van der Waals surface area contributed by atoms with E-state index in [0.29, 0.717) is 0 Å². The molecule has 16 heavy (non-hydrogen) atoms. The molecule has 0 aromatic heterocycles. The molecule has 0 saturated heterocycles. The second-order valence-corrected chi connectivity index (χ2v) is 3.13. The maximum atomic E-state index is 11.2. The van der Waals surface area contributed by atoms with E-state index in [9.17, 15) is 14.4 Å². The van der Waals surface area contributed by atoms with Crippen molar-refractivity contribution < 1.29 is 24.6 Å². The van der Waals surface area contributed by atoms with E-state index < -0.39 is 30.4 Å². The van der Waals surface area contributed by atoms with E-state index in [-0.39, 0.29) is 6.04 Å². The molecule has 0 saturated carbocycles. The molecule has 0 heterocycles. The summed E-state index contributed by atoms with van der Waals surface area (Å²) in [5.74, 6) is -2.70. The molecule has 0 radical (unpaired) electrons. The lowest BCUT2D eigenvalue weighted by Gasteiger charge is -2.15. The first kappa shape index (κ1) is 13.9. The van der Waals surface area contributed by atoms with Crippen LogP contribution < -0.4 is 10.6 Å². The summed E-state index contributed by atoms with van der Waals surface area (Å²) in [5.41, 5.74) is 0. The van der Waals surface area contributed by atoms with Gasteiger partial charge in [0, 0.05) is 6.04 Å². The van der Waals surface area contributed by atoms with Crippen LogP contribution in [0.4, 0.5) is 4.79 Å². The summed E-state index contributed by atoms with van der Waals surface area (Å²) in [4.78, 5) is 32.1. The summed E-state index contributed by atoms with van der Waals surface area (Å²) in [7, 11) is 0. The Hall–Kier alpha value is -2.05. The predicted molar refractivity (Wildman–Crippen MR) is 55.0 cm³/mol. The smallest absolute Gasteiger partial charge is 0.326 e. The molecule has 0 aromatic carbocycles. The molecule has 0 spiro atoms. The van der Waals surface area contributed by atoms with Gasteiger partial charge in [0.2, 0.25) is 0 Å². The average molecular weight is 230 g/mol. The van der Waals surface area contributed by atoms with Crippen LogP contribution in [-0.4, -0.2) is 40.3 Å². The van der Waals surface area contributed by atoms with Crippen LogP contribution in [0, 0.1) is 0 Å². The van der Waals surface area contributed by atoms with Crippen LogP contribution in [0.15, 0.2) is 12.7 Å². The van der Waals surface area contributed by atoms with Crippen molar-refractivity contribution in [1.82, 2.24) is 10.6 Å². The lowest BCUT2D eigenvalue weighted by atomic mass is 10.2. The van der Waals surface area contributed by atoms with Crippen molar-refractivity contribution in [3.05, 3.63) is 12.7 Å². The Kier molecular flexibility index (Phi) is 5.61. The van der Waals surface area contributed by atoms with Crippen LogP contribution >= 0.6 is 0 Å². The van der Waals surface area contributed by atoms with Crippen molar-refractivity contribution in [2.75, 3.05) is 0 Å². The van der Waals surface area contributed by atoms with Crippen molar-refractivity contribution >= 4 is 18.0 Å². The average Bonchev–Trinajstić information content (AvgIpc) is 2.15. The van der Waals surface area contributed by atoms with Gasteiger partial charge in [-0.15, -0.1) is 6.58 Å². The molecule has 0 fully saturated rings. The maximum absolute atomic E-state index is 11.2. The molecule has 4 N–H and O–H groups in total. The van der Waals surface area contributed by atoms with E-state index in [2.05, 4.69) is 11.9 Å². The van der Waals surface area contributed by atoms with Crippen LogP contribution in [0.3, 0.4) is 0 Å². The summed E-state index contributed by atoms with van der Waals surface area (Å²) in [6, 6.07) is -2.53. The van der Waals surface area contributed by atoms with Gasteiger partial charge >= 0.3 is 18.0 Å². The normalized spacial score (nSPS) is 13.3. The Bertz CT molecular complexity index is 302. The number of urea groups is 1. The Morgan fingerprint density at radius 2 is 1.88 bits per heavy atom. The second kappa shape index (κ2) is 6.44. The zero-order chi connectivity index (χ0) is 12.7. The van der Waals surface area contributed by atoms with Crippen LogP contribution in [-0.2, 0) is 9.59 Å². The van der Waals surface area contributed by atoms with Crippen LogP contribution in [0.5, 0.6) is 0 Å². The van der Waals surface area contributed by atoms with Gasteiger partial charge in [0.1, 0.15) is 6.04 Å². The van der Waals surface area contributed by atoms with E-state index in [1.54, 1.807) is 6.92 Å². The summed E-state index contributed by atoms with van der Waals surface area (Å²) < 4.78 is 0. The van der Waals surface area contributed by atoms with Gasteiger partial charge in [-0.25, -0.2) is 9.59 Å². The first-order valence-electron chi connectivity index (χ1n) is 4.51. The molecule has 1 unspecified atom stereocenters. The number of amides is 2. The SMILES string of the molecule is C=CC(C)NC(=O)N[C@@H](CC(=O)O)C(=O)O. The van der Waals surface area contributed by atoms with Gasteiger partial charge in [0.15, 0.2) is 0 Å². The van der Waals surface area contributed by atoms with E-state index in [0.717, 1.165) is 0 Å². The van der Waals surface area contributed by atoms with Crippen LogP contribution in [0.25, 0.3) is 0 Å². The number of hydrogen-bond acceptors (Lipinski definition) is 3. The first-order chi connectivity index (χ1) is 7.36. The molecule has 0 aromatic rings. The van der Waals surface area contributed by atoms with Crippen LogP contribution in [0.1, 0.15) is 13.3 Å². The number of carbonyl (C=O) groups excluding carboxylic acids is 1. The highest BCUT2D eigenvalue weighted by Crippen LogP contribution is 1.93. The summed E-state index contributed by atoms with van der Waals surface area (Å²) in [6.45, 7) is 5.06. The molecular weight excluding hydrogens is 216 g/mol. The molecule has 7 nitrogen and oxygen atoms in total. The third-order valence-corrected chi connectivity index (χ3v) is 1.69. The highest BCUT2D eigenvalue weighted by Gasteiger charge is 2.23. The minimum atomic E-state index is -1.45. The van der Waals surface area contributed by atoms with E-state index in [4.69, 9.17) is 10.2 Å². The van der Waals surface area contributed by atoms with Crippen molar-refractivity contribution in [2.24, 2.45) is 0 Å². The van der Waals surface area contributed by atoms with E-state index in [1.165, 1.54) is 6.08 Å². The summed E-state index contributed by atoms with van der Waals surface area (Å²) in [6.07, 6.45) is 0.776. The molecule has 90 valence electrons. The molecule has 2 amide bonds. The second-order valence-electron chi connectivity index (χ2n) is 3.13. The zero-order valence-corrected chi connectivity index (χ0v) is 8.77. The largest absolute Gasteiger partial charge is 0.481 e. The number of hydrogen-bond donors (Lipinski definition) is 4. The topological polar surface area (TPSA) is 116 Å². The number of carboxylic acids is 2. The fourth-order valence-electron chi connectivity index (χ4n) is 0.840. The predicted octanol–water partition coefficient (Wildman–Crippen LogP) is -0.212.